The van der Waals surface area contributed by atoms with E-state index < -0.39 is 5.91 Å². The molecule has 1 saturated carbocycles. The molecular formula is C16H13ClN2O3. The fraction of sp³-hybridized carbons (Fsp3) is 0.312. The van der Waals surface area contributed by atoms with Crippen molar-refractivity contribution in [2.24, 2.45) is 23.7 Å². The van der Waals surface area contributed by atoms with Crippen molar-refractivity contribution in [1.82, 2.24) is 10.4 Å². The third-order valence-electron chi connectivity index (χ3n) is 4.79. The largest absolute Gasteiger partial charge is 0.272 e. The predicted molar refractivity (Wildman–Crippen MR) is 78.5 cm³/mol. The maximum atomic E-state index is 12.4. The molecule has 1 aliphatic heterocycles. The Labute approximate surface area is 131 Å². The van der Waals surface area contributed by atoms with Crippen molar-refractivity contribution in [2.75, 3.05) is 0 Å². The average molecular weight is 317 g/mol. The summed E-state index contributed by atoms with van der Waals surface area (Å²) in [6.45, 7) is 0. The van der Waals surface area contributed by atoms with Gasteiger partial charge in [-0.05, 0) is 42.5 Å². The lowest BCUT2D eigenvalue weighted by atomic mass is 9.85. The molecule has 0 spiro atoms. The van der Waals surface area contributed by atoms with E-state index in [1.807, 2.05) is 12.2 Å². The van der Waals surface area contributed by atoms with E-state index in [4.69, 9.17) is 11.6 Å². The molecule has 2 aliphatic carbocycles. The Bertz CT molecular complexity index is 683. The van der Waals surface area contributed by atoms with E-state index in [0.29, 0.717) is 10.6 Å². The SMILES string of the molecule is O=C(NN1C(=O)[C@H]2[C@H](C1=O)[C@H]1C=C[C@H]2C1)c1ccc(Cl)cc1. The predicted octanol–water partition coefficient (Wildman–Crippen LogP) is 1.79. The van der Waals surface area contributed by atoms with E-state index in [1.165, 1.54) is 0 Å². The average Bonchev–Trinajstić information content (AvgIpc) is 3.17. The summed E-state index contributed by atoms with van der Waals surface area (Å²) < 4.78 is 0. The lowest BCUT2D eigenvalue weighted by molar-refractivity contribution is -0.143. The summed E-state index contributed by atoms with van der Waals surface area (Å²) in [5, 5.41) is 1.42. The van der Waals surface area contributed by atoms with E-state index >= 15 is 0 Å². The summed E-state index contributed by atoms with van der Waals surface area (Å²) >= 11 is 5.78. The number of nitrogens with one attached hydrogen (secondary N) is 1. The smallest absolute Gasteiger partial charge is 0.270 e. The summed E-state index contributed by atoms with van der Waals surface area (Å²) in [5.74, 6) is -1.45. The van der Waals surface area contributed by atoms with Crippen LogP contribution in [0.15, 0.2) is 36.4 Å². The molecule has 3 aliphatic rings. The number of hydrogen-bond donors (Lipinski definition) is 1. The van der Waals surface area contributed by atoms with Gasteiger partial charge in [-0.25, -0.2) is 0 Å². The number of hydrogen-bond acceptors (Lipinski definition) is 3. The zero-order chi connectivity index (χ0) is 15.4. The Morgan fingerprint density at radius 3 is 2.14 bits per heavy atom. The monoisotopic (exact) mass is 316 g/mol. The molecule has 1 N–H and O–H groups in total. The first kappa shape index (κ1) is 13.5. The van der Waals surface area contributed by atoms with Crippen molar-refractivity contribution >= 4 is 29.3 Å². The van der Waals surface area contributed by atoms with Crippen molar-refractivity contribution in [3.63, 3.8) is 0 Å². The molecule has 1 aromatic rings. The van der Waals surface area contributed by atoms with Gasteiger partial charge in [0.15, 0.2) is 0 Å². The molecule has 4 atom stereocenters. The van der Waals surface area contributed by atoms with Gasteiger partial charge >= 0.3 is 0 Å². The number of nitrogens with zero attached hydrogens (tertiary/aromatic N) is 1. The minimum Gasteiger partial charge on any atom is -0.272 e. The molecule has 4 rings (SSSR count). The summed E-state index contributed by atoms with van der Waals surface area (Å²) in [4.78, 5) is 37.1. The number of hydrazine groups is 1. The fourth-order valence-electron chi connectivity index (χ4n) is 3.78. The highest BCUT2D eigenvalue weighted by Crippen LogP contribution is 2.52. The number of rotatable bonds is 2. The lowest BCUT2D eigenvalue weighted by Crippen LogP contribution is -2.47. The zero-order valence-corrected chi connectivity index (χ0v) is 12.3. The van der Waals surface area contributed by atoms with Crippen LogP contribution in [0.25, 0.3) is 0 Å². The number of carbonyl (C=O) groups excluding carboxylic acids is 3. The fourth-order valence-corrected chi connectivity index (χ4v) is 3.91. The van der Waals surface area contributed by atoms with Crippen LogP contribution in [0.2, 0.25) is 5.02 Å². The molecule has 2 fully saturated rings. The first-order valence-corrected chi connectivity index (χ1v) is 7.57. The number of fused-ring (bicyclic) bond motifs is 5. The van der Waals surface area contributed by atoms with Crippen LogP contribution in [0.1, 0.15) is 16.8 Å². The van der Waals surface area contributed by atoms with Crippen LogP contribution in [0, 0.1) is 23.7 Å². The first-order valence-electron chi connectivity index (χ1n) is 7.19. The van der Waals surface area contributed by atoms with Crippen LogP contribution < -0.4 is 5.43 Å². The maximum absolute atomic E-state index is 12.4. The van der Waals surface area contributed by atoms with Gasteiger partial charge in [-0.3, -0.25) is 19.8 Å². The van der Waals surface area contributed by atoms with E-state index in [-0.39, 0.29) is 35.5 Å². The highest BCUT2D eigenvalue weighted by molar-refractivity contribution is 6.30. The number of benzene rings is 1. The van der Waals surface area contributed by atoms with Gasteiger partial charge in [0.05, 0.1) is 11.8 Å². The van der Waals surface area contributed by atoms with Crippen LogP contribution in [0.3, 0.4) is 0 Å². The minimum absolute atomic E-state index is 0.129. The molecular weight excluding hydrogens is 304 g/mol. The van der Waals surface area contributed by atoms with Crippen LogP contribution in [-0.4, -0.2) is 22.7 Å². The van der Waals surface area contributed by atoms with Crippen LogP contribution in [-0.2, 0) is 9.59 Å². The Hall–Kier alpha value is -2.14. The molecule has 0 radical (unpaired) electrons. The molecule has 3 amide bonds. The molecule has 0 unspecified atom stereocenters. The number of imide groups is 1. The summed E-state index contributed by atoms with van der Waals surface area (Å²) in [6.07, 6.45) is 4.90. The van der Waals surface area contributed by atoms with Crippen LogP contribution in [0.5, 0.6) is 0 Å². The molecule has 0 aromatic heterocycles. The lowest BCUT2D eigenvalue weighted by Gasteiger charge is -2.17. The van der Waals surface area contributed by atoms with E-state index in [1.54, 1.807) is 24.3 Å². The minimum atomic E-state index is -0.487. The molecule has 1 saturated heterocycles. The first-order chi connectivity index (χ1) is 10.6. The number of amides is 3. The van der Waals surface area contributed by atoms with Crippen molar-refractivity contribution < 1.29 is 14.4 Å². The van der Waals surface area contributed by atoms with Gasteiger partial charge in [0, 0.05) is 10.6 Å². The second-order valence-corrected chi connectivity index (χ2v) is 6.40. The second kappa shape index (κ2) is 4.68. The highest BCUT2D eigenvalue weighted by Gasteiger charge is 2.59. The third kappa shape index (κ3) is 1.82. The molecule has 1 heterocycles. The van der Waals surface area contributed by atoms with Gasteiger partial charge in [-0.1, -0.05) is 23.8 Å². The van der Waals surface area contributed by atoms with Crippen molar-refractivity contribution in [2.45, 2.75) is 6.42 Å². The highest BCUT2D eigenvalue weighted by atomic mass is 35.5. The summed E-state index contributed by atoms with van der Waals surface area (Å²) in [7, 11) is 0. The molecule has 112 valence electrons. The van der Waals surface area contributed by atoms with Gasteiger partial charge in [0.25, 0.3) is 17.7 Å². The van der Waals surface area contributed by atoms with Crippen molar-refractivity contribution in [1.29, 1.82) is 0 Å². The van der Waals surface area contributed by atoms with Gasteiger partial charge in [-0.2, -0.15) is 5.01 Å². The Kier molecular flexibility index (Phi) is 2.87. The topological polar surface area (TPSA) is 66.5 Å². The molecule has 5 nitrogen and oxygen atoms in total. The van der Waals surface area contributed by atoms with E-state index in [0.717, 1.165) is 11.4 Å². The van der Waals surface area contributed by atoms with Gasteiger partial charge < -0.3 is 0 Å². The molecule has 22 heavy (non-hydrogen) atoms. The van der Waals surface area contributed by atoms with Crippen LogP contribution >= 0.6 is 11.6 Å². The second-order valence-electron chi connectivity index (χ2n) is 5.96. The molecule has 2 bridgehead atoms. The summed E-state index contributed by atoms with van der Waals surface area (Å²) in [5.41, 5.74) is 2.79. The number of halogens is 1. The summed E-state index contributed by atoms with van der Waals surface area (Å²) in [6, 6.07) is 6.27. The number of carbonyl (C=O) groups is 3. The van der Waals surface area contributed by atoms with Gasteiger partial charge in [0.2, 0.25) is 0 Å². The quantitative estimate of drug-likeness (QED) is 0.668. The Balaban J connectivity index is 1.54. The molecule has 6 heteroatoms. The Morgan fingerprint density at radius 1 is 1.05 bits per heavy atom. The number of allylic oxidation sites excluding steroid dienone is 2. The third-order valence-corrected chi connectivity index (χ3v) is 5.04. The Morgan fingerprint density at radius 2 is 1.59 bits per heavy atom. The van der Waals surface area contributed by atoms with E-state index in [2.05, 4.69) is 5.43 Å². The molecule has 1 aromatic carbocycles. The zero-order valence-electron chi connectivity index (χ0n) is 11.5. The normalized spacial score (nSPS) is 31.8. The maximum Gasteiger partial charge on any atom is 0.270 e. The van der Waals surface area contributed by atoms with Crippen LogP contribution in [0.4, 0.5) is 0 Å². The van der Waals surface area contributed by atoms with Crippen molar-refractivity contribution in [3.05, 3.63) is 47.0 Å². The van der Waals surface area contributed by atoms with Gasteiger partial charge in [-0.15, -0.1) is 0 Å². The standard InChI is InChI=1S/C16H13ClN2O3/c17-11-5-3-8(4-6-11)14(20)18-19-15(21)12-9-1-2-10(7-9)13(12)16(19)22/h1-6,9-10,12-13H,7H2,(H,18,20)/t9-,10-,12+,13+/m0/s1. The van der Waals surface area contributed by atoms with Gasteiger partial charge in [0.1, 0.15) is 0 Å². The van der Waals surface area contributed by atoms with E-state index in [9.17, 15) is 14.4 Å². The van der Waals surface area contributed by atoms with Crippen molar-refractivity contribution in [3.8, 4) is 0 Å².